The Morgan fingerprint density at radius 1 is 1.57 bits per heavy atom. The maximum Gasteiger partial charge on any atom is 0.138 e. The van der Waals surface area contributed by atoms with Gasteiger partial charge in [-0.1, -0.05) is 18.2 Å². The van der Waals surface area contributed by atoms with Crippen molar-refractivity contribution >= 4 is 39.0 Å². The molecule has 0 aliphatic heterocycles. The summed E-state index contributed by atoms with van der Waals surface area (Å²) in [5.74, 6) is 0.804. The van der Waals surface area contributed by atoms with Crippen LogP contribution in [-0.4, -0.2) is 16.5 Å². The summed E-state index contributed by atoms with van der Waals surface area (Å²) in [6.45, 7) is 4.12. The minimum absolute atomic E-state index is 0.517. The van der Waals surface area contributed by atoms with E-state index in [0.717, 1.165) is 16.0 Å². The third-order valence-electron chi connectivity index (χ3n) is 1.71. The van der Waals surface area contributed by atoms with E-state index in [-0.39, 0.29) is 0 Å². The molecule has 72 valence electrons. The fourth-order valence-electron chi connectivity index (χ4n) is 1.11. The lowest BCUT2D eigenvalue weighted by Crippen LogP contribution is -2.03. The Morgan fingerprint density at radius 2 is 2.43 bits per heavy atom. The molecule has 1 N–H and O–H groups in total. The smallest absolute Gasteiger partial charge is 0.138 e. The van der Waals surface area contributed by atoms with Crippen LogP contribution in [0, 0.1) is 0 Å². The van der Waals surface area contributed by atoms with Crippen molar-refractivity contribution < 1.29 is 0 Å². The molecule has 14 heavy (non-hydrogen) atoms. The summed E-state index contributed by atoms with van der Waals surface area (Å²) < 4.78 is 0. The molecule has 5 heteroatoms. The third-order valence-corrected chi connectivity index (χ3v) is 2.66. The molecule has 2 aromatic heterocycles. The van der Waals surface area contributed by atoms with E-state index >= 15 is 0 Å². The Kier molecular flexibility index (Phi) is 2.65. The average molecular weight is 226 g/mol. The maximum atomic E-state index is 5.66. The lowest BCUT2D eigenvalue weighted by atomic mass is 10.4. The largest absolute Gasteiger partial charge is 0.364 e. The zero-order valence-corrected chi connectivity index (χ0v) is 8.90. The quantitative estimate of drug-likeness (QED) is 0.873. The zero-order valence-electron chi connectivity index (χ0n) is 7.33. The molecule has 0 atom stereocenters. The highest BCUT2D eigenvalue weighted by atomic mass is 35.5. The zero-order chi connectivity index (χ0) is 9.97. The van der Waals surface area contributed by atoms with Crippen molar-refractivity contribution in [1.82, 2.24) is 9.97 Å². The molecule has 0 spiro atoms. The van der Waals surface area contributed by atoms with Crippen molar-refractivity contribution in [1.29, 1.82) is 0 Å². The molecule has 3 nitrogen and oxygen atoms in total. The van der Waals surface area contributed by atoms with Crippen LogP contribution in [-0.2, 0) is 0 Å². The minimum Gasteiger partial charge on any atom is -0.364 e. The Hall–Kier alpha value is -1.13. The lowest BCUT2D eigenvalue weighted by Gasteiger charge is -2.03. The van der Waals surface area contributed by atoms with Gasteiger partial charge in [0.25, 0.3) is 0 Å². The minimum atomic E-state index is 0.517. The average Bonchev–Trinajstić information content (AvgIpc) is 2.62. The van der Waals surface area contributed by atoms with E-state index in [2.05, 4.69) is 21.9 Å². The van der Waals surface area contributed by atoms with Gasteiger partial charge in [-0.05, 0) is 11.4 Å². The van der Waals surface area contributed by atoms with Crippen LogP contribution in [0.5, 0.6) is 0 Å². The van der Waals surface area contributed by atoms with Gasteiger partial charge in [-0.3, -0.25) is 0 Å². The van der Waals surface area contributed by atoms with Gasteiger partial charge in [0.15, 0.2) is 0 Å². The van der Waals surface area contributed by atoms with Crippen LogP contribution in [0.1, 0.15) is 0 Å². The second-order valence-corrected chi connectivity index (χ2v) is 4.16. The Balaban J connectivity index is 2.32. The molecule has 0 fully saturated rings. The number of nitrogens with one attached hydrogen (secondary N) is 1. The second kappa shape index (κ2) is 3.94. The van der Waals surface area contributed by atoms with E-state index in [1.54, 1.807) is 11.3 Å². The van der Waals surface area contributed by atoms with Gasteiger partial charge in [0, 0.05) is 5.03 Å². The number of thiophene rings is 1. The Labute approximate surface area is 90.5 Å². The molecular weight excluding hydrogens is 218 g/mol. The first kappa shape index (κ1) is 9.43. The van der Waals surface area contributed by atoms with Crippen LogP contribution < -0.4 is 5.32 Å². The van der Waals surface area contributed by atoms with Gasteiger partial charge >= 0.3 is 0 Å². The van der Waals surface area contributed by atoms with E-state index in [4.69, 9.17) is 11.6 Å². The first-order valence-corrected chi connectivity index (χ1v) is 5.28. The van der Waals surface area contributed by atoms with Crippen LogP contribution in [0.4, 0.5) is 5.82 Å². The summed E-state index contributed by atoms with van der Waals surface area (Å²) in [5.41, 5.74) is 0. The molecule has 2 rings (SSSR count). The van der Waals surface area contributed by atoms with Crippen molar-refractivity contribution in [2.24, 2.45) is 0 Å². The highest BCUT2D eigenvalue weighted by Gasteiger charge is 2.03. The molecule has 0 aliphatic rings. The van der Waals surface area contributed by atoms with Gasteiger partial charge in [-0.2, -0.15) is 0 Å². The van der Waals surface area contributed by atoms with Crippen molar-refractivity contribution in [3.63, 3.8) is 0 Å². The van der Waals surface area contributed by atoms with Crippen molar-refractivity contribution in [2.75, 3.05) is 11.9 Å². The van der Waals surface area contributed by atoms with Gasteiger partial charge in [0.1, 0.15) is 17.0 Å². The number of hydrogen-bond acceptors (Lipinski definition) is 4. The maximum absolute atomic E-state index is 5.66. The monoisotopic (exact) mass is 225 g/mol. The molecular formula is C9H8ClN3S. The number of fused-ring (bicyclic) bond motifs is 1. The molecule has 0 saturated heterocycles. The molecule has 0 bridgehead atoms. The summed E-state index contributed by atoms with van der Waals surface area (Å²) in [6.07, 6.45) is 1.54. The molecule has 0 amide bonds. The van der Waals surface area contributed by atoms with Crippen molar-refractivity contribution in [2.45, 2.75) is 0 Å². The predicted molar refractivity (Wildman–Crippen MR) is 60.9 cm³/mol. The van der Waals surface area contributed by atoms with Gasteiger partial charge in [-0.25, -0.2) is 9.97 Å². The van der Waals surface area contributed by atoms with Crippen LogP contribution in [0.25, 0.3) is 10.2 Å². The van der Waals surface area contributed by atoms with E-state index in [9.17, 15) is 0 Å². The Bertz CT molecular complexity index is 466. The fraction of sp³-hybridized carbons (Fsp3) is 0.111. The molecule has 0 aromatic carbocycles. The van der Waals surface area contributed by atoms with Gasteiger partial charge in [-0.15, -0.1) is 11.3 Å². The molecule has 2 aromatic rings. The molecule has 0 unspecified atom stereocenters. The van der Waals surface area contributed by atoms with Crippen LogP contribution in [0.2, 0.25) is 0 Å². The van der Waals surface area contributed by atoms with Gasteiger partial charge < -0.3 is 5.32 Å². The number of anilines is 1. The summed E-state index contributed by atoms with van der Waals surface area (Å²) in [5, 5.41) is 6.67. The van der Waals surface area contributed by atoms with E-state index in [0.29, 0.717) is 11.6 Å². The summed E-state index contributed by atoms with van der Waals surface area (Å²) in [6, 6.07) is 1.99. The van der Waals surface area contributed by atoms with Crippen molar-refractivity contribution in [3.8, 4) is 0 Å². The van der Waals surface area contributed by atoms with E-state index < -0.39 is 0 Å². The molecule has 0 radical (unpaired) electrons. The fourth-order valence-corrected chi connectivity index (χ4v) is 1.91. The predicted octanol–water partition coefficient (Wildman–Crippen LogP) is 2.86. The lowest BCUT2D eigenvalue weighted by molar-refractivity contribution is 1.18. The summed E-state index contributed by atoms with van der Waals surface area (Å²) in [4.78, 5) is 9.25. The van der Waals surface area contributed by atoms with Gasteiger partial charge in [0.05, 0.1) is 11.9 Å². The summed E-state index contributed by atoms with van der Waals surface area (Å²) >= 11 is 7.24. The highest BCUT2D eigenvalue weighted by Crippen LogP contribution is 2.23. The van der Waals surface area contributed by atoms with Crippen molar-refractivity contribution in [3.05, 3.63) is 29.4 Å². The first-order chi connectivity index (χ1) is 6.77. The number of hydrogen-bond donors (Lipinski definition) is 1. The SMILES string of the molecule is C=C(Cl)CNc1ncnc2sccc12. The second-order valence-electron chi connectivity index (χ2n) is 2.73. The summed E-state index contributed by atoms with van der Waals surface area (Å²) in [7, 11) is 0. The Morgan fingerprint density at radius 3 is 3.21 bits per heavy atom. The highest BCUT2D eigenvalue weighted by molar-refractivity contribution is 7.16. The standard InChI is InChI=1S/C9H8ClN3S/c1-6(10)4-11-8-7-2-3-14-9(7)13-5-12-8/h2-3,5H,1,4H2,(H,11,12,13). The number of halogens is 1. The number of aromatic nitrogens is 2. The van der Waals surface area contributed by atoms with Crippen LogP contribution >= 0.6 is 22.9 Å². The van der Waals surface area contributed by atoms with Crippen LogP contribution in [0.3, 0.4) is 0 Å². The molecule has 0 aliphatic carbocycles. The molecule has 0 saturated carbocycles. The number of rotatable bonds is 3. The van der Waals surface area contributed by atoms with Crippen LogP contribution in [0.15, 0.2) is 29.4 Å². The van der Waals surface area contributed by atoms with E-state index in [1.165, 1.54) is 6.33 Å². The molecule has 2 heterocycles. The topological polar surface area (TPSA) is 37.8 Å². The van der Waals surface area contributed by atoms with Gasteiger partial charge in [0.2, 0.25) is 0 Å². The first-order valence-electron chi connectivity index (χ1n) is 4.03. The third kappa shape index (κ3) is 1.86. The normalized spacial score (nSPS) is 10.4. The van der Waals surface area contributed by atoms with E-state index in [1.807, 2.05) is 11.4 Å². The number of nitrogens with zero attached hydrogens (tertiary/aromatic N) is 2.